The highest BCUT2D eigenvalue weighted by Crippen LogP contribution is 2.42. The van der Waals surface area contributed by atoms with Gasteiger partial charge in [-0.25, -0.2) is 8.78 Å². The monoisotopic (exact) mass is 442 g/mol. The van der Waals surface area contributed by atoms with E-state index in [1.807, 2.05) is 12.1 Å². The second-order valence-electron chi connectivity index (χ2n) is 10.2. The van der Waals surface area contributed by atoms with E-state index in [-0.39, 0.29) is 0 Å². The van der Waals surface area contributed by atoms with Gasteiger partial charge < -0.3 is 0 Å². The van der Waals surface area contributed by atoms with E-state index in [1.165, 1.54) is 51.4 Å². The van der Waals surface area contributed by atoms with Gasteiger partial charge in [0.15, 0.2) is 11.6 Å². The molecule has 0 bridgehead atoms. The van der Waals surface area contributed by atoms with Gasteiger partial charge in [-0.3, -0.25) is 0 Å². The number of rotatable bonds is 11. The predicted octanol–water partition coefficient (Wildman–Crippen LogP) is 9.82. The van der Waals surface area contributed by atoms with E-state index in [0.717, 1.165) is 61.9 Å². The topological polar surface area (TPSA) is 0 Å². The smallest absolute Gasteiger partial charge is 0.166 e. The lowest BCUT2D eigenvalue weighted by Gasteiger charge is -2.35. The molecule has 1 unspecified atom stereocenters. The molecule has 1 aromatic rings. The van der Waals surface area contributed by atoms with Crippen LogP contribution in [0, 0.1) is 29.4 Å². The minimum atomic E-state index is -0.628. The lowest BCUT2D eigenvalue weighted by Crippen LogP contribution is -2.23. The average molecular weight is 443 g/mol. The molecule has 178 valence electrons. The molecule has 0 spiro atoms. The van der Waals surface area contributed by atoms with E-state index in [9.17, 15) is 8.78 Å². The predicted molar refractivity (Wildman–Crippen MR) is 134 cm³/mol. The molecule has 0 aromatic heterocycles. The second-order valence-corrected chi connectivity index (χ2v) is 10.2. The van der Waals surface area contributed by atoms with Crippen LogP contribution in [0.1, 0.15) is 115 Å². The minimum Gasteiger partial charge on any atom is -0.203 e. The van der Waals surface area contributed by atoms with Gasteiger partial charge in [0, 0.05) is 5.56 Å². The van der Waals surface area contributed by atoms with E-state index in [1.54, 1.807) is 0 Å². The quantitative estimate of drug-likeness (QED) is 0.236. The summed E-state index contributed by atoms with van der Waals surface area (Å²) in [6.45, 7) is 4.36. The first-order chi connectivity index (χ1) is 15.6. The standard InChI is InChI=1S/C30H44F2/c1-3-5-7-8-10-11-23-13-15-24(16-14-23)25-17-19-26(20-18-25)28-22-21-27(12-9-6-4-2)29(31)30(28)32/h7-8,19,21-25H,3-6,9-18,20H2,1-2H3/b8-7+. The third-order valence-corrected chi connectivity index (χ3v) is 7.93. The Balaban J connectivity index is 1.48. The zero-order valence-corrected chi connectivity index (χ0v) is 20.5. The van der Waals surface area contributed by atoms with E-state index in [2.05, 4.69) is 32.1 Å². The van der Waals surface area contributed by atoms with Crippen LogP contribution in [0.2, 0.25) is 0 Å². The molecule has 0 nitrogen and oxygen atoms in total. The summed E-state index contributed by atoms with van der Waals surface area (Å²) in [6, 6.07) is 3.64. The number of allylic oxidation sites excluding steroid dienone is 4. The van der Waals surface area contributed by atoms with Crippen molar-refractivity contribution in [2.24, 2.45) is 17.8 Å². The first-order valence-corrected chi connectivity index (χ1v) is 13.4. The van der Waals surface area contributed by atoms with Crippen LogP contribution >= 0.6 is 0 Å². The molecule has 1 saturated carbocycles. The Morgan fingerprint density at radius 2 is 1.62 bits per heavy atom. The third kappa shape index (κ3) is 7.03. The number of unbranched alkanes of at least 4 members (excludes halogenated alkanes) is 3. The Kier molecular flexibility index (Phi) is 10.5. The maximum Gasteiger partial charge on any atom is 0.166 e. The fourth-order valence-electron chi connectivity index (χ4n) is 5.81. The van der Waals surface area contributed by atoms with Gasteiger partial charge in [-0.05, 0) is 93.1 Å². The molecule has 1 fully saturated rings. The Labute approximate surface area is 195 Å². The van der Waals surface area contributed by atoms with Gasteiger partial charge in [0.05, 0.1) is 0 Å². The number of halogens is 2. The Morgan fingerprint density at radius 1 is 0.844 bits per heavy atom. The molecule has 1 atom stereocenters. The normalized spacial score (nSPS) is 24.1. The summed E-state index contributed by atoms with van der Waals surface area (Å²) in [5, 5.41) is 0. The zero-order chi connectivity index (χ0) is 22.8. The molecular formula is C30H44F2. The van der Waals surface area contributed by atoms with Gasteiger partial charge in [0.2, 0.25) is 0 Å². The van der Waals surface area contributed by atoms with Gasteiger partial charge in [0.1, 0.15) is 0 Å². The van der Waals surface area contributed by atoms with Crippen molar-refractivity contribution in [3.05, 3.63) is 53.1 Å². The van der Waals surface area contributed by atoms with Crippen molar-refractivity contribution in [3.63, 3.8) is 0 Å². The fraction of sp³-hybridized carbons (Fsp3) is 0.667. The van der Waals surface area contributed by atoms with Crippen molar-refractivity contribution in [2.75, 3.05) is 0 Å². The molecule has 3 rings (SSSR count). The van der Waals surface area contributed by atoms with Crippen LogP contribution in [0.3, 0.4) is 0 Å². The molecule has 2 heteroatoms. The number of aryl methyl sites for hydroxylation is 1. The molecule has 2 aliphatic carbocycles. The van der Waals surface area contributed by atoms with Crippen LogP contribution < -0.4 is 0 Å². The van der Waals surface area contributed by atoms with E-state index < -0.39 is 11.6 Å². The maximum atomic E-state index is 14.8. The second kappa shape index (κ2) is 13.3. The van der Waals surface area contributed by atoms with Crippen LogP contribution in [0.15, 0.2) is 30.4 Å². The SMILES string of the molecule is CCC/C=C/CCC1CCC(C2CC=C(c3ccc(CCCCC)c(F)c3F)CC2)CC1. The summed E-state index contributed by atoms with van der Waals surface area (Å²) >= 11 is 0. The number of hydrogen-bond donors (Lipinski definition) is 0. The van der Waals surface area contributed by atoms with Gasteiger partial charge in [-0.2, -0.15) is 0 Å². The van der Waals surface area contributed by atoms with Gasteiger partial charge in [-0.1, -0.05) is 76.3 Å². The van der Waals surface area contributed by atoms with Crippen LogP contribution in [-0.2, 0) is 6.42 Å². The zero-order valence-electron chi connectivity index (χ0n) is 20.5. The highest BCUT2D eigenvalue weighted by atomic mass is 19.2. The Hall–Kier alpha value is -1.44. The lowest BCUT2D eigenvalue weighted by atomic mass is 9.70. The average Bonchev–Trinajstić information content (AvgIpc) is 2.82. The molecule has 0 amide bonds. The summed E-state index contributed by atoms with van der Waals surface area (Å²) < 4.78 is 29.4. The number of benzene rings is 1. The highest BCUT2D eigenvalue weighted by Gasteiger charge is 2.29. The summed E-state index contributed by atoms with van der Waals surface area (Å²) in [4.78, 5) is 0. The first-order valence-electron chi connectivity index (χ1n) is 13.4. The van der Waals surface area contributed by atoms with Crippen LogP contribution in [0.25, 0.3) is 5.57 Å². The summed E-state index contributed by atoms with van der Waals surface area (Å²) in [5.74, 6) is 1.20. The molecule has 0 heterocycles. The summed E-state index contributed by atoms with van der Waals surface area (Å²) in [5.41, 5.74) is 2.05. The highest BCUT2D eigenvalue weighted by molar-refractivity contribution is 5.67. The van der Waals surface area contributed by atoms with E-state index in [0.29, 0.717) is 17.5 Å². The first kappa shape index (κ1) is 25.2. The largest absolute Gasteiger partial charge is 0.203 e. The molecule has 0 saturated heterocycles. The van der Waals surface area contributed by atoms with Gasteiger partial charge in [-0.15, -0.1) is 0 Å². The van der Waals surface area contributed by atoms with Crippen molar-refractivity contribution in [1.82, 2.24) is 0 Å². The van der Waals surface area contributed by atoms with E-state index >= 15 is 0 Å². The van der Waals surface area contributed by atoms with Crippen molar-refractivity contribution in [2.45, 2.75) is 110 Å². The minimum absolute atomic E-state index is 0.500. The van der Waals surface area contributed by atoms with Gasteiger partial charge >= 0.3 is 0 Å². The molecule has 32 heavy (non-hydrogen) atoms. The van der Waals surface area contributed by atoms with Crippen LogP contribution in [-0.4, -0.2) is 0 Å². The van der Waals surface area contributed by atoms with Crippen LogP contribution in [0.4, 0.5) is 8.78 Å². The van der Waals surface area contributed by atoms with E-state index in [4.69, 9.17) is 0 Å². The summed E-state index contributed by atoms with van der Waals surface area (Å²) in [6.07, 6.45) is 24.2. The van der Waals surface area contributed by atoms with Crippen molar-refractivity contribution < 1.29 is 8.78 Å². The fourth-order valence-corrected chi connectivity index (χ4v) is 5.81. The van der Waals surface area contributed by atoms with Crippen molar-refractivity contribution >= 4 is 5.57 Å². The summed E-state index contributed by atoms with van der Waals surface area (Å²) in [7, 11) is 0. The van der Waals surface area contributed by atoms with Crippen molar-refractivity contribution in [1.29, 1.82) is 0 Å². The maximum absolute atomic E-state index is 14.8. The molecule has 0 aliphatic heterocycles. The van der Waals surface area contributed by atoms with Crippen LogP contribution in [0.5, 0.6) is 0 Å². The Morgan fingerprint density at radius 3 is 2.31 bits per heavy atom. The Bertz CT molecular complexity index is 752. The molecule has 0 N–H and O–H groups in total. The lowest BCUT2D eigenvalue weighted by molar-refractivity contribution is 0.190. The van der Waals surface area contributed by atoms with Gasteiger partial charge in [0.25, 0.3) is 0 Å². The third-order valence-electron chi connectivity index (χ3n) is 7.93. The molecule has 1 aromatic carbocycles. The molecule has 0 radical (unpaired) electrons. The molecular weight excluding hydrogens is 398 g/mol. The molecule has 2 aliphatic rings. The number of hydrogen-bond acceptors (Lipinski definition) is 0. The van der Waals surface area contributed by atoms with Crippen molar-refractivity contribution in [3.8, 4) is 0 Å².